The number of anilines is 3. The largest absolute Gasteiger partial charge is 0.455 e. The summed E-state index contributed by atoms with van der Waals surface area (Å²) in [5.74, 6) is 0. The Balaban J connectivity index is 1.24. The maximum absolute atomic E-state index is 9.95. The molecule has 2 nitrogen and oxygen atoms in total. The zero-order chi connectivity index (χ0) is 51.5. The average molecular weight is 755 g/mol. The van der Waals surface area contributed by atoms with Crippen LogP contribution in [0.2, 0.25) is 0 Å². The Morgan fingerprint density at radius 3 is 1.69 bits per heavy atom. The molecule has 1 heterocycles. The third kappa shape index (κ3) is 5.82. The molecule has 0 aliphatic carbocycles. The summed E-state index contributed by atoms with van der Waals surface area (Å²) in [6.45, 7) is 0. The first-order valence-electron chi connectivity index (χ1n) is 26.1. The van der Waals surface area contributed by atoms with E-state index >= 15 is 0 Å². The fourth-order valence-electron chi connectivity index (χ4n) is 7.68. The standard InChI is InChI=1S/C56H37NO/c1-4-15-38(16-5-1)46-33-34-54(49-24-13-12-23-48(46)49)57(45-31-32-50-51-26-14-25-47(39-17-6-2-7-18-39)56(51)58-55(50)37-45)44-29-27-41(28-30-44)53-36-43-22-11-10-21-42(43)35-52(53)40-19-8-3-9-20-40/h1-37H/i3D,8D,9D,10D,11D,19D,20D,21D,22D,27D,28D,29D,30D,35D,36D. The molecule has 2 heteroatoms. The predicted molar refractivity (Wildman–Crippen MR) is 245 cm³/mol. The van der Waals surface area contributed by atoms with E-state index in [0.717, 1.165) is 38.4 Å². The second-order valence-corrected chi connectivity index (χ2v) is 13.7. The molecule has 272 valence electrons. The zero-order valence-electron chi connectivity index (χ0n) is 45.6. The number of para-hydroxylation sites is 1. The summed E-state index contributed by atoms with van der Waals surface area (Å²) in [4.78, 5) is 1.61. The van der Waals surface area contributed by atoms with E-state index in [-0.39, 0.29) is 5.69 Å². The number of rotatable bonds is 7. The van der Waals surface area contributed by atoms with Gasteiger partial charge in [-0.05, 0) is 97.5 Å². The molecule has 0 unspecified atom stereocenters. The molecule has 11 aromatic rings. The molecule has 0 aliphatic heterocycles. The summed E-state index contributed by atoms with van der Waals surface area (Å²) in [7, 11) is 0. The first-order valence-corrected chi connectivity index (χ1v) is 18.6. The van der Waals surface area contributed by atoms with Gasteiger partial charge in [-0.15, -0.1) is 0 Å². The van der Waals surface area contributed by atoms with Crippen molar-refractivity contribution in [2.24, 2.45) is 0 Å². The highest BCUT2D eigenvalue weighted by atomic mass is 16.3. The highest BCUT2D eigenvalue weighted by molar-refractivity contribution is 6.11. The van der Waals surface area contributed by atoms with Crippen molar-refractivity contribution in [1.82, 2.24) is 0 Å². The predicted octanol–water partition coefficient (Wildman–Crippen LogP) is 16.0. The van der Waals surface area contributed by atoms with E-state index in [4.69, 9.17) is 16.8 Å². The molecule has 0 amide bonds. The summed E-state index contributed by atoms with van der Waals surface area (Å²) >= 11 is 0. The van der Waals surface area contributed by atoms with Crippen molar-refractivity contribution in [2.75, 3.05) is 4.90 Å². The second-order valence-electron chi connectivity index (χ2n) is 13.7. The molecule has 0 aliphatic rings. The van der Waals surface area contributed by atoms with E-state index < -0.39 is 124 Å². The van der Waals surface area contributed by atoms with Crippen LogP contribution in [0.25, 0.3) is 88.0 Å². The Labute approximate surface area is 358 Å². The van der Waals surface area contributed by atoms with E-state index in [9.17, 15) is 8.22 Å². The third-order valence-corrected chi connectivity index (χ3v) is 10.3. The topological polar surface area (TPSA) is 16.4 Å². The van der Waals surface area contributed by atoms with Crippen molar-refractivity contribution in [2.45, 2.75) is 0 Å². The van der Waals surface area contributed by atoms with Gasteiger partial charge in [0, 0.05) is 39.2 Å². The van der Waals surface area contributed by atoms with Crippen LogP contribution < -0.4 is 4.90 Å². The fourth-order valence-corrected chi connectivity index (χ4v) is 7.68. The SMILES string of the molecule is [2H]c1c([2H])c([2H])c(-c2c(-c3c([2H])c([2H])c(N(c4ccc5c(c4)oc4c(-c6ccccc6)cccc45)c4ccc(-c5ccccc5)c5ccccc45)c([2H])c3[2H])c([2H])c3c([2H])c([2H])c([2H])c([2H])c3c2[2H])c([2H])c1[2H]. The third-order valence-electron chi connectivity index (χ3n) is 10.3. The molecule has 0 fully saturated rings. The number of benzene rings is 10. The molecular formula is C56H37NO. The molecule has 0 atom stereocenters. The van der Waals surface area contributed by atoms with Gasteiger partial charge in [-0.25, -0.2) is 0 Å². The van der Waals surface area contributed by atoms with Crippen molar-refractivity contribution in [3.05, 3.63) is 224 Å². The minimum absolute atomic E-state index is 0.235. The van der Waals surface area contributed by atoms with Gasteiger partial charge in [0.05, 0.1) is 26.2 Å². The Hall–Kier alpha value is -7.68. The first-order chi connectivity index (χ1) is 35.0. The smallest absolute Gasteiger partial charge is 0.143 e. The maximum Gasteiger partial charge on any atom is 0.143 e. The van der Waals surface area contributed by atoms with Crippen LogP contribution in [-0.4, -0.2) is 0 Å². The number of nitrogens with zero attached hydrogens (tertiary/aromatic N) is 1. The maximum atomic E-state index is 9.95. The lowest BCUT2D eigenvalue weighted by atomic mass is 9.91. The van der Waals surface area contributed by atoms with Gasteiger partial charge < -0.3 is 9.32 Å². The van der Waals surface area contributed by atoms with Crippen LogP contribution in [0.15, 0.2) is 229 Å². The van der Waals surface area contributed by atoms with Gasteiger partial charge in [0.2, 0.25) is 0 Å². The van der Waals surface area contributed by atoms with Gasteiger partial charge in [0.25, 0.3) is 0 Å². The molecule has 10 aromatic carbocycles. The van der Waals surface area contributed by atoms with Crippen LogP contribution >= 0.6 is 0 Å². The number of fused-ring (bicyclic) bond motifs is 5. The van der Waals surface area contributed by atoms with Crippen molar-refractivity contribution < 1.29 is 25.0 Å². The zero-order valence-corrected chi connectivity index (χ0v) is 30.6. The van der Waals surface area contributed by atoms with Crippen molar-refractivity contribution in [3.8, 4) is 44.5 Å². The molecule has 58 heavy (non-hydrogen) atoms. The Morgan fingerprint density at radius 2 is 0.983 bits per heavy atom. The van der Waals surface area contributed by atoms with Gasteiger partial charge in [-0.1, -0.05) is 176 Å². The average Bonchev–Trinajstić information content (AvgIpc) is 3.79. The quantitative estimate of drug-likeness (QED) is 0.161. The van der Waals surface area contributed by atoms with Gasteiger partial charge in [0.1, 0.15) is 11.2 Å². The van der Waals surface area contributed by atoms with Crippen molar-refractivity contribution >= 4 is 60.5 Å². The molecule has 0 spiro atoms. The van der Waals surface area contributed by atoms with E-state index in [1.807, 2.05) is 121 Å². The van der Waals surface area contributed by atoms with Crippen LogP contribution in [0.4, 0.5) is 17.1 Å². The van der Waals surface area contributed by atoms with Crippen LogP contribution in [-0.2, 0) is 0 Å². The lowest BCUT2D eigenvalue weighted by Gasteiger charge is -2.28. The van der Waals surface area contributed by atoms with Gasteiger partial charge >= 0.3 is 0 Å². The lowest BCUT2D eigenvalue weighted by molar-refractivity contribution is 0.670. The Morgan fingerprint density at radius 1 is 0.379 bits per heavy atom. The van der Waals surface area contributed by atoms with Crippen molar-refractivity contribution in [3.63, 3.8) is 0 Å². The summed E-state index contributed by atoms with van der Waals surface area (Å²) in [5, 5.41) is 2.12. The summed E-state index contributed by atoms with van der Waals surface area (Å²) < 4.78 is 144. The van der Waals surface area contributed by atoms with Gasteiger partial charge in [-0.3, -0.25) is 0 Å². The Kier molecular flexibility index (Phi) is 5.25. The van der Waals surface area contributed by atoms with Crippen LogP contribution in [0, 0.1) is 0 Å². The molecule has 1 aromatic heterocycles. The van der Waals surface area contributed by atoms with E-state index in [1.54, 1.807) is 17.0 Å². The molecule has 0 bridgehead atoms. The second kappa shape index (κ2) is 14.1. The highest BCUT2D eigenvalue weighted by Crippen LogP contribution is 2.45. The summed E-state index contributed by atoms with van der Waals surface area (Å²) in [6.07, 6.45) is 0. The first kappa shape index (κ1) is 21.6. The van der Waals surface area contributed by atoms with E-state index in [0.29, 0.717) is 27.9 Å². The lowest BCUT2D eigenvalue weighted by Crippen LogP contribution is -2.10. The molecule has 0 N–H and O–H groups in total. The highest BCUT2D eigenvalue weighted by Gasteiger charge is 2.20. The van der Waals surface area contributed by atoms with Crippen molar-refractivity contribution in [1.29, 1.82) is 0 Å². The van der Waals surface area contributed by atoms with Crippen LogP contribution in [0.1, 0.15) is 20.6 Å². The monoisotopic (exact) mass is 754 g/mol. The fraction of sp³-hybridized carbons (Fsp3) is 0. The molecule has 0 saturated heterocycles. The molecular weight excluding hydrogens is 703 g/mol. The molecule has 11 rings (SSSR count). The van der Waals surface area contributed by atoms with Gasteiger partial charge in [-0.2, -0.15) is 0 Å². The molecule has 0 radical (unpaired) electrons. The summed E-state index contributed by atoms with van der Waals surface area (Å²) in [5.41, 5.74) is 2.91. The number of hydrogen-bond donors (Lipinski definition) is 0. The minimum atomic E-state index is -0.818. The van der Waals surface area contributed by atoms with E-state index in [2.05, 4.69) is 0 Å². The summed E-state index contributed by atoms with van der Waals surface area (Å²) in [6, 6.07) is 31.0. The number of hydrogen-bond acceptors (Lipinski definition) is 2. The number of furan rings is 1. The molecule has 0 saturated carbocycles. The van der Waals surface area contributed by atoms with Gasteiger partial charge in [0.15, 0.2) is 0 Å². The van der Waals surface area contributed by atoms with Crippen LogP contribution in [0.5, 0.6) is 0 Å². The normalized spacial score (nSPS) is 15.1. The Bertz CT molecular complexity index is 4100. The van der Waals surface area contributed by atoms with E-state index in [1.165, 1.54) is 0 Å². The van der Waals surface area contributed by atoms with Crippen LogP contribution in [0.3, 0.4) is 0 Å². The minimum Gasteiger partial charge on any atom is -0.455 e.